The van der Waals surface area contributed by atoms with Crippen LogP contribution in [0.2, 0.25) is 5.02 Å². The van der Waals surface area contributed by atoms with Crippen molar-refractivity contribution in [3.05, 3.63) is 58.7 Å². The molecule has 0 saturated heterocycles. The minimum absolute atomic E-state index is 0.745. The monoisotopic (exact) mass is 351 g/mol. The fourth-order valence-electron chi connectivity index (χ4n) is 3.49. The Hall–Kier alpha value is -2.17. The van der Waals surface area contributed by atoms with Gasteiger partial charge >= 0.3 is 0 Å². The Morgan fingerprint density at radius 1 is 1.12 bits per heavy atom. The maximum Gasteiger partial charge on any atom is 0.102 e. The van der Waals surface area contributed by atoms with Crippen molar-refractivity contribution < 1.29 is 0 Å². The van der Waals surface area contributed by atoms with Gasteiger partial charge in [-0.05, 0) is 36.6 Å². The summed E-state index contributed by atoms with van der Waals surface area (Å²) in [6, 6.07) is 14.4. The molecule has 2 aromatic carbocycles. The first-order valence-electron chi connectivity index (χ1n) is 7.99. The van der Waals surface area contributed by atoms with Gasteiger partial charge in [0.2, 0.25) is 0 Å². The maximum atomic E-state index is 6.46. The number of hydrogen-bond acceptors (Lipinski definition) is 3. The van der Waals surface area contributed by atoms with E-state index in [-0.39, 0.29) is 0 Å². The smallest absolute Gasteiger partial charge is 0.102 e. The van der Waals surface area contributed by atoms with Crippen LogP contribution in [0.5, 0.6) is 0 Å². The van der Waals surface area contributed by atoms with Crippen LogP contribution in [0.1, 0.15) is 12.1 Å². The first-order chi connectivity index (χ1) is 11.8. The van der Waals surface area contributed by atoms with Gasteiger partial charge in [0.05, 0.1) is 20.7 Å². The Morgan fingerprint density at radius 3 is 2.96 bits per heavy atom. The predicted molar refractivity (Wildman–Crippen MR) is 99.6 cm³/mol. The lowest BCUT2D eigenvalue weighted by Crippen LogP contribution is -1.94. The van der Waals surface area contributed by atoms with Gasteiger partial charge in [-0.1, -0.05) is 35.9 Å². The summed E-state index contributed by atoms with van der Waals surface area (Å²) in [4.78, 5) is 4.38. The third-order valence-electron chi connectivity index (χ3n) is 4.59. The SMILES string of the molecule is Clc1ccccc1-c1nn2c(c1-c1ccc3ncsc3c1)CCC2. The fourth-order valence-corrected chi connectivity index (χ4v) is 4.43. The van der Waals surface area contributed by atoms with Crippen LogP contribution in [-0.2, 0) is 13.0 Å². The van der Waals surface area contributed by atoms with E-state index in [1.165, 1.54) is 21.5 Å². The zero-order valence-electron chi connectivity index (χ0n) is 12.9. The molecule has 5 rings (SSSR count). The van der Waals surface area contributed by atoms with Crippen molar-refractivity contribution in [3.8, 4) is 22.4 Å². The van der Waals surface area contributed by atoms with E-state index < -0.39 is 0 Å². The molecule has 0 N–H and O–H groups in total. The first-order valence-corrected chi connectivity index (χ1v) is 9.25. The minimum Gasteiger partial charge on any atom is -0.268 e. The van der Waals surface area contributed by atoms with Gasteiger partial charge in [-0.3, -0.25) is 4.68 Å². The van der Waals surface area contributed by atoms with Gasteiger partial charge in [-0.2, -0.15) is 5.10 Å². The van der Waals surface area contributed by atoms with Gasteiger partial charge in [-0.15, -0.1) is 11.3 Å². The molecule has 1 aliphatic rings. The van der Waals surface area contributed by atoms with E-state index in [4.69, 9.17) is 16.7 Å². The van der Waals surface area contributed by atoms with Crippen molar-refractivity contribution in [2.75, 3.05) is 0 Å². The van der Waals surface area contributed by atoms with Gasteiger partial charge in [0.1, 0.15) is 5.69 Å². The molecular weight excluding hydrogens is 338 g/mol. The molecule has 0 radical (unpaired) electrons. The molecular formula is C19H14ClN3S. The molecule has 4 aromatic rings. The molecule has 0 saturated carbocycles. The van der Waals surface area contributed by atoms with E-state index in [1.54, 1.807) is 11.3 Å². The highest BCUT2D eigenvalue weighted by atomic mass is 35.5. The van der Waals surface area contributed by atoms with E-state index in [0.29, 0.717) is 0 Å². The van der Waals surface area contributed by atoms with Crippen LogP contribution in [0, 0.1) is 0 Å². The molecule has 118 valence electrons. The lowest BCUT2D eigenvalue weighted by molar-refractivity contribution is 0.659. The van der Waals surface area contributed by atoms with Crippen LogP contribution in [-0.4, -0.2) is 14.8 Å². The number of aryl methyl sites for hydroxylation is 1. The van der Waals surface area contributed by atoms with Crippen LogP contribution in [0.3, 0.4) is 0 Å². The molecule has 0 fully saturated rings. The van der Waals surface area contributed by atoms with Crippen molar-refractivity contribution in [2.45, 2.75) is 19.4 Å². The van der Waals surface area contributed by atoms with Crippen LogP contribution >= 0.6 is 22.9 Å². The quantitative estimate of drug-likeness (QED) is 0.482. The maximum absolute atomic E-state index is 6.46. The van der Waals surface area contributed by atoms with Crippen molar-refractivity contribution in [1.29, 1.82) is 0 Å². The summed E-state index contributed by atoms with van der Waals surface area (Å²) in [6.07, 6.45) is 2.22. The Labute approximate surface area is 148 Å². The lowest BCUT2D eigenvalue weighted by atomic mass is 9.97. The summed E-state index contributed by atoms with van der Waals surface area (Å²) in [5.41, 5.74) is 8.66. The summed E-state index contributed by atoms with van der Waals surface area (Å²) in [7, 11) is 0. The number of hydrogen-bond donors (Lipinski definition) is 0. The standard InChI is InChI=1S/C19H14ClN3S/c20-14-5-2-1-4-13(14)19-18(16-6-3-9-23(16)22-19)12-7-8-15-17(10-12)24-11-21-15/h1-2,4-5,7-8,10-11H,3,6,9H2. The average molecular weight is 352 g/mol. The summed E-state index contributed by atoms with van der Waals surface area (Å²) in [5, 5.41) is 5.63. The van der Waals surface area contributed by atoms with Gasteiger partial charge in [-0.25, -0.2) is 4.98 Å². The molecule has 1 aliphatic heterocycles. The third kappa shape index (κ3) is 2.10. The number of thiazole rings is 1. The summed E-state index contributed by atoms with van der Waals surface area (Å²) in [5.74, 6) is 0. The molecule has 0 amide bonds. The minimum atomic E-state index is 0.745. The molecule has 3 nitrogen and oxygen atoms in total. The highest BCUT2D eigenvalue weighted by Gasteiger charge is 2.24. The Balaban J connectivity index is 1.79. The first kappa shape index (κ1) is 14.2. The topological polar surface area (TPSA) is 30.7 Å². The molecule has 0 bridgehead atoms. The number of nitrogens with zero attached hydrogens (tertiary/aromatic N) is 3. The second-order valence-electron chi connectivity index (χ2n) is 6.01. The van der Waals surface area contributed by atoms with Crippen LogP contribution in [0.4, 0.5) is 0 Å². The second kappa shape index (κ2) is 5.43. The lowest BCUT2D eigenvalue weighted by Gasteiger charge is -2.07. The Morgan fingerprint density at radius 2 is 2.04 bits per heavy atom. The van der Waals surface area contributed by atoms with Gasteiger partial charge in [0.25, 0.3) is 0 Å². The largest absolute Gasteiger partial charge is 0.268 e. The average Bonchev–Trinajstić information content (AvgIpc) is 3.29. The summed E-state index contributed by atoms with van der Waals surface area (Å²) < 4.78 is 3.35. The summed E-state index contributed by atoms with van der Waals surface area (Å²) >= 11 is 8.13. The van der Waals surface area contributed by atoms with Crippen LogP contribution in [0.15, 0.2) is 48.0 Å². The molecule has 3 heterocycles. The molecule has 24 heavy (non-hydrogen) atoms. The van der Waals surface area contributed by atoms with E-state index >= 15 is 0 Å². The van der Waals surface area contributed by atoms with E-state index in [0.717, 1.165) is 41.2 Å². The predicted octanol–water partition coefficient (Wildman–Crippen LogP) is 5.43. The van der Waals surface area contributed by atoms with E-state index in [9.17, 15) is 0 Å². The number of halogens is 1. The van der Waals surface area contributed by atoms with E-state index in [1.807, 2.05) is 23.7 Å². The van der Waals surface area contributed by atoms with E-state index in [2.05, 4.69) is 33.9 Å². The Bertz CT molecular complexity index is 1060. The van der Waals surface area contributed by atoms with Crippen molar-refractivity contribution in [2.24, 2.45) is 0 Å². The third-order valence-corrected chi connectivity index (χ3v) is 5.71. The molecule has 0 spiro atoms. The number of aromatic nitrogens is 3. The highest BCUT2D eigenvalue weighted by molar-refractivity contribution is 7.16. The number of fused-ring (bicyclic) bond motifs is 2. The summed E-state index contributed by atoms with van der Waals surface area (Å²) in [6.45, 7) is 0.982. The number of rotatable bonds is 2. The van der Waals surface area contributed by atoms with Crippen molar-refractivity contribution in [1.82, 2.24) is 14.8 Å². The molecule has 0 unspecified atom stereocenters. The van der Waals surface area contributed by atoms with Gasteiger partial charge in [0, 0.05) is 23.4 Å². The second-order valence-corrected chi connectivity index (χ2v) is 7.31. The Kier molecular flexibility index (Phi) is 3.21. The fraction of sp³-hybridized carbons (Fsp3) is 0.158. The normalized spacial score (nSPS) is 13.5. The van der Waals surface area contributed by atoms with Gasteiger partial charge in [0.15, 0.2) is 0 Å². The molecule has 0 aliphatic carbocycles. The highest BCUT2D eigenvalue weighted by Crippen LogP contribution is 2.40. The molecule has 0 atom stereocenters. The van der Waals surface area contributed by atoms with Gasteiger partial charge < -0.3 is 0 Å². The van der Waals surface area contributed by atoms with Crippen LogP contribution < -0.4 is 0 Å². The van der Waals surface area contributed by atoms with Crippen LogP contribution in [0.25, 0.3) is 32.6 Å². The zero-order valence-corrected chi connectivity index (χ0v) is 14.4. The zero-order chi connectivity index (χ0) is 16.1. The van der Waals surface area contributed by atoms with Crippen molar-refractivity contribution >= 4 is 33.2 Å². The number of benzene rings is 2. The van der Waals surface area contributed by atoms with Crippen molar-refractivity contribution in [3.63, 3.8) is 0 Å². The molecule has 5 heteroatoms. The molecule has 2 aromatic heterocycles.